The van der Waals surface area contributed by atoms with Crippen molar-refractivity contribution in [1.82, 2.24) is 15.2 Å². The number of hydrogen-bond acceptors (Lipinski definition) is 9. The minimum absolute atomic E-state index is 0.276. The predicted octanol–water partition coefficient (Wildman–Crippen LogP) is 4.24. The number of aryl methyl sites for hydroxylation is 2. The number of aromatic nitrogens is 3. The van der Waals surface area contributed by atoms with Crippen molar-refractivity contribution in [1.29, 1.82) is 0 Å². The third kappa shape index (κ3) is 6.82. The number of benzene rings is 1. The summed E-state index contributed by atoms with van der Waals surface area (Å²) in [5.74, 6) is 2.22. The summed E-state index contributed by atoms with van der Waals surface area (Å²) in [5.41, 5.74) is 9.86. The number of anilines is 1. The fourth-order valence-corrected chi connectivity index (χ4v) is 5.08. The lowest BCUT2D eigenvalue weighted by atomic mass is 10.0. The van der Waals surface area contributed by atoms with E-state index in [-0.39, 0.29) is 5.25 Å². The summed E-state index contributed by atoms with van der Waals surface area (Å²) in [6.07, 6.45) is 7.78. The molecular formula is C23H30N6OS2. The van der Waals surface area contributed by atoms with E-state index in [9.17, 15) is 0 Å². The molecule has 0 saturated carbocycles. The highest BCUT2D eigenvalue weighted by Gasteiger charge is 2.13. The third-order valence-corrected chi connectivity index (χ3v) is 6.84. The molecule has 1 aliphatic heterocycles. The molecule has 0 saturated heterocycles. The third-order valence-electron chi connectivity index (χ3n) is 4.75. The Kier molecular flexibility index (Phi) is 9.13. The van der Waals surface area contributed by atoms with E-state index < -0.39 is 0 Å². The van der Waals surface area contributed by atoms with Gasteiger partial charge in [-0.05, 0) is 56.2 Å². The average Bonchev–Trinajstić information content (AvgIpc) is 2.86. The maximum absolute atomic E-state index is 5.64. The number of nitrogens with zero attached hydrogens (tertiary/aromatic N) is 4. The number of thioether (sulfide) groups is 2. The molecule has 7 nitrogen and oxygen atoms in total. The smallest absolute Gasteiger partial charge is 0.243 e. The molecule has 0 radical (unpaired) electrons. The molecule has 170 valence electrons. The standard InChI is InChI=1S/C23H30N6OS2/c1-15-11-19(31-10-8-24)12-16(2)22(15)20-13-27-29-23(28-20)26-14-21-25-9-7-18(30-4)6-5-17(3)32-21/h5-7,11-13,17H,8-10,14,24H2,1-4H3,(H,26,28,29)/b6-5?,18-7+,25-21?. The molecule has 9 heteroatoms. The van der Waals surface area contributed by atoms with Crippen molar-refractivity contribution in [2.75, 3.05) is 37.8 Å². The van der Waals surface area contributed by atoms with Gasteiger partial charge in [0, 0.05) is 28.0 Å². The van der Waals surface area contributed by atoms with Crippen LogP contribution in [0.3, 0.4) is 0 Å². The Morgan fingerprint density at radius 2 is 2.06 bits per heavy atom. The first-order chi connectivity index (χ1) is 15.5. The number of ether oxygens (including phenoxy) is 1. The molecule has 1 aliphatic rings. The Labute approximate surface area is 198 Å². The Bertz CT molecular complexity index is 998. The highest BCUT2D eigenvalue weighted by Crippen LogP contribution is 2.30. The lowest BCUT2D eigenvalue weighted by Gasteiger charge is -2.13. The van der Waals surface area contributed by atoms with Gasteiger partial charge in [0.1, 0.15) is 5.76 Å². The largest absolute Gasteiger partial charge is 0.497 e. The molecule has 2 heterocycles. The van der Waals surface area contributed by atoms with E-state index in [1.165, 1.54) is 4.90 Å². The number of methoxy groups -OCH3 is 1. The molecule has 0 fully saturated rings. The lowest BCUT2D eigenvalue weighted by Crippen LogP contribution is -2.16. The zero-order chi connectivity index (χ0) is 22.9. The Hall–Kier alpha value is -2.36. The van der Waals surface area contributed by atoms with Crippen LogP contribution in [0.4, 0.5) is 5.95 Å². The average molecular weight is 471 g/mol. The van der Waals surface area contributed by atoms with Crippen LogP contribution in [0.5, 0.6) is 0 Å². The van der Waals surface area contributed by atoms with Crippen LogP contribution in [-0.4, -0.2) is 58.0 Å². The maximum atomic E-state index is 5.64. The first kappa shape index (κ1) is 24.3. The quantitative estimate of drug-likeness (QED) is 0.553. The van der Waals surface area contributed by atoms with Gasteiger partial charge in [-0.1, -0.05) is 6.08 Å². The minimum Gasteiger partial charge on any atom is -0.497 e. The van der Waals surface area contributed by atoms with Crippen LogP contribution >= 0.6 is 23.5 Å². The second kappa shape index (κ2) is 12.0. The molecule has 1 unspecified atom stereocenters. The Morgan fingerprint density at radius 3 is 2.78 bits per heavy atom. The molecule has 3 N–H and O–H groups in total. The number of nitrogens with two attached hydrogens (primary N) is 1. The van der Waals surface area contributed by atoms with Crippen molar-refractivity contribution < 1.29 is 4.74 Å². The van der Waals surface area contributed by atoms with Crippen LogP contribution in [0.2, 0.25) is 0 Å². The zero-order valence-corrected chi connectivity index (χ0v) is 20.6. The van der Waals surface area contributed by atoms with Crippen molar-refractivity contribution in [3.8, 4) is 11.3 Å². The monoisotopic (exact) mass is 470 g/mol. The van der Waals surface area contributed by atoms with Gasteiger partial charge < -0.3 is 15.8 Å². The summed E-state index contributed by atoms with van der Waals surface area (Å²) in [7, 11) is 1.67. The number of aliphatic imine (C=N–C) groups is 1. The van der Waals surface area contributed by atoms with E-state index in [1.54, 1.807) is 36.8 Å². The second-order valence-electron chi connectivity index (χ2n) is 7.32. The Morgan fingerprint density at radius 1 is 1.28 bits per heavy atom. The van der Waals surface area contributed by atoms with Crippen LogP contribution in [0.25, 0.3) is 11.3 Å². The van der Waals surface area contributed by atoms with Gasteiger partial charge in [-0.25, -0.2) is 4.98 Å². The van der Waals surface area contributed by atoms with E-state index in [0.717, 1.165) is 38.9 Å². The fourth-order valence-electron chi connectivity index (χ4n) is 3.32. The summed E-state index contributed by atoms with van der Waals surface area (Å²) < 4.78 is 5.34. The van der Waals surface area contributed by atoms with E-state index in [4.69, 9.17) is 15.5 Å². The van der Waals surface area contributed by atoms with E-state index in [2.05, 4.69) is 59.5 Å². The number of hydrogen-bond donors (Lipinski definition) is 2. The van der Waals surface area contributed by atoms with Crippen molar-refractivity contribution in [3.63, 3.8) is 0 Å². The van der Waals surface area contributed by atoms with Crippen molar-refractivity contribution in [3.05, 3.63) is 53.4 Å². The first-order valence-corrected chi connectivity index (χ1v) is 12.4. The molecule has 0 spiro atoms. The molecule has 3 rings (SSSR count). The number of nitrogens with one attached hydrogen (secondary N) is 1. The van der Waals surface area contributed by atoms with Gasteiger partial charge in [0.15, 0.2) is 0 Å². The van der Waals surface area contributed by atoms with Gasteiger partial charge in [-0.2, -0.15) is 5.10 Å². The van der Waals surface area contributed by atoms with Crippen LogP contribution < -0.4 is 11.1 Å². The molecular weight excluding hydrogens is 440 g/mol. The lowest BCUT2D eigenvalue weighted by molar-refractivity contribution is 0.305. The molecule has 0 aliphatic carbocycles. The molecule has 0 bridgehead atoms. The maximum Gasteiger partial charge on any atom is 0.243 e. The van der Waals surface area contributed by atoms with Gasteiger partial charge in [-0.3, -0.25) is 4.99 Å². The van der Waals surface area contributed by atoms with E-state index in [0.29, 0.717) is 25.6 Å². The van der Waals surface area contributed by atoms with Gasteiger partial charge in [-0.15, -0.1) is 28.6 Å². The van der Waals surface area contributed by atoms with Crippen LogP contribution in [0.15, 0.2) is 52.2 Å². The van der Waals surface area contributed by atoms with Crippen LogP contribution in [0, 0.1) is 13.8 Å². The van der Waals surface area contributed by atoms with Gasteiger partial charge in [0.05, 0.1) is 37.1 Å². The zero-order valence-electron chi connectivity index (χ0n) is 19.0. The minimum atomic E-state index is 0.276. The molecule has 1 aromatic carbocycles. The summed E-state index contributed by atoms with van der Waals surface area (Å²) >= 11 is 3.47. The predicted molar refractivity (Wildman–Crippen MR) is 137 cm³/mol. The number of rotatable bonds is 8. The summed E-state index contributed by atoms with van der Waals surface area (Å²) in [6, 6.07) is 4.36. The van der Waals surface area contributed by atoms with Crippen molar-refractivity contribution in [2.24, 2.45) is 10.7 Å². The van der Waals surface area contributed by atoms with Gasteiger partial charge >= 0.3 is 0 Å². The van der Waals surface area contributed by atoms with Crippen molar-refractivity contribution >= 4 is 34.5 Å². The summed E-state index contributed by atoms with van der Waals surface area (Å²) in [6.45, 7) is 8.10. The number of allylic oxidation sites excluding steroid dienone is 1. The topological polar surface area (TPSA) is 98.3 Å². The van der Waals surface area contributed by atoms with Gasteiger partial charge in [0.2, 0.25) is 5.95 Å². The van der Waals surface area contributed by atoms with Gasteiger partial charge in [0.25, 0.3) is 0 Å². The molecule has 1 aromatic heterocycles. The molecule has 2 aromatic rings. The highest BCUT2D eigenvalue weighted by molar-refractivity contribution is 8.14. The summed E-state index contributed by atoms with van der Waals surface area (Å²) in [4.78, 5) is 10.6. The molecule has 1 atom stereocenters. The van der Waals surface area contributed by atoms with Crippen LogP contribution in [-0.2, 0) is 4.74 Å². The SMILES string of the molecule is CO/C1=C/CN=C(CNc2nncc(-c3c(C)cc(SCCN)cc3C)n2)SC(C)C=C1. The Balaban J connectivity index is 1.74. The normalized spacial score (nSPS) is 18.1. The van der Waals surface area contributed by atoms with Crippen molar-refractivity contribution in [2.45, 2.75) is 30.9 Å². The van der Waals surface area contributed by atoms with E-state index in [1.807, 2.05) is 12.2 Å². The highest BCUT2D eigenvalue weighted by atomic mass is 32.2. The fraction of sp³-hybridized carbons (Fsp3) is 0.391. The second-order valence-corrected chi connectivity index (χ2v) is 9.93. The summed E-state index contributed by atoms with van der Waals surface area (Å²) in [5, 5.41) is 12.9. The van der Waals surface area contributed by atoms with Crippen LogP contribution in [0.1, 0.15) is 18.1 Å². The van der Waals surface area contributed by atoms with E-state index >= 15 is 0 Å². The molecule has 0 amide bonds. The molecule has 32 heavy (non-hydrogen) atoms. The first-order valence-electron chi connectivity index (χ1n) is 10.5.